The van der Waals surface area contributed by atoms with E-state index >= 15 is 0 Å². The van der Waals surface area contributed by atoms with Gasteiger partial charge in [0, 0.05) is 17.3 Å². The number of ether oxygens (including phenoxy) is 1. The Morgan fingerprint density at radius 1 is 1.14 bits per heavy atom. The zero-order chi connectivity index (χ0) is 20.4. The number of H-pyrrole nitrogens is 1. The minimum atomic E-state index is -0.352. The molecule has 0 unspecified atom stereocenters. The minimum absolute atomic E-state index is 0.303. The zero-order valence-corrected chi connectivity index (χ0v) is 16.6. The molecule has 2 heterocycles. The Hall–Kier alpha value is -3.52. The van der Waals surface area contributed by atoms with Crippen LogP contribution in [0.3, 0.4) is 0 Å². The monoisotopic (exact) mass is 406 g/mol. The predicted molar refractivity (Wildman–Crippen MR) is 114 cm³/mol. The third-order valence-corrected chi connectivity index (χ3v) is 5.10. The molecule has 29 heavy (non-hydrogen) atoms. The van der Waals surface area contributed by atoms with E-state index in [1.807, 2.05) is 36.6 Å². The van der Waals surface area contributed by atoms with Gasteiger partial charge in [0.25, 0.3) is 11.5 Å². The first-order valence-corrected chi connectivity index (χ1v) is 10.0. The lowest BCUT2D eigenvalue weighted by Gasteiger charge is -2.07. The first kappa shape index (κ1) is 18.8. The smallest absolute Gasteiger partial charge is 0.262 e. The number of thioether (sulfide) groups is 1. The number of rotatable bonds is 5. The molecule has 0 saturated carbocycles. The van der Waals surface area contributed by atoms with Gasteiger partial charge in [0.1, 0.15) is 16.3 Å². The van der Waals surface area contributed by atoms with Crippen LogP contribution in [0, 0.1) is 0 Å². The molecule has 0 aliphatic heterocycles. The number of carbonyl (C=O) groups excluding carboxylic acids is 1. The number of carbonyl (C=O) groups is 1. The fourth-order valence-corrected chi connectivity index (χ4v) is 3.61. The number of amides is 1. The number of fused-ring (bicyclic) bond motifs is 1. The largest absolute Gasteiger partial charge is 0.497 e. The van der Waals surface area contributed by atoms with Gasteiger partial charge in [-0.3, -0.25) is 9.59 Å². The highest BCUT2D eigenvalue weighted by Crippen LogP contribution is 2.27. The van der Waals surface area contributed by atoms with Crippen LogP contribution in [0.5, 0.6) is 5.75 Å². The van der Waals surface area contributed by atoms with Crippen molar-refractivity contribution >= 4 is 29.0 Å². The van der Waals surface area contributed by atoms with E-state index < -0.39 is 0 Å². The summed E-state index contributed by atoms with van der Waals surface area (Å²) in [5.41, 5.74) is 2.44. The normalized spacial score (nSPS) is 10.8. The van der Waals surface area contributed by atoms with Crippen molar-refractivity contribution in [2.45, 2.75) is 5.03 Å². The Balaban J connectivity index is 1.82. The quantitative estimate of drug-likeness (QED) is 0.494. The molecule has 0 aliphatic carbocycles. The van der Waals surface area contributed by atoms with Crippen molar-refractivity contribution in [3.8, 4) is 17.0 Å². The summed E-state index contributed by atoms with van der Waals surface area (Å²) in [5, 5.41) is 7.95. The second kappa shape index (κ2) is 7.84. The second-order valence-corrected chi connectivity index (χ2v) is 7.01. The maximum absolute atomic E-state index is 13.1. The summed E-state index contributed by atoms with van der Waals surface area (Å²) in [6, 6.07) is 18.0. The molecule has 2 aromatic heterocycles. The molecule has 0 fully saturated rings. The minimum Gasteiger partial charge on any atom is -0.497 e. The highest BCUT2D eigenvalue weighted by atomic mass is 32.2. The van der Waals surface area contributed by atoms with Crippen molar-refractivity contribution in [3.63, 3.8) is 0 Å². The Labute approximate surface area is 170 Å². The molecule has 0 aliphatic rings. The van der Waals surface area contributed by atoms with Crippen LogP contribution in [-0.4, -0.2) is 33.9 Å². The number of anilines is 1. The maximum Gasteiger partial charge on any atom is 0.262 e. The van der Waals surface area contributed by atoms with Gasteiger partial charge >= 0.3 is 0 Å². The van der Waals surface area contributed by atoms with Gasteiger partial charge in [0.15, 0.2) is 5.65 Å². The SMILES string of the molecule is COc1ccc(NC(=O)c2c(SC)nn3c(-c4ccccc4)cc(=O)[nH]c23)cc1. The van der Waals surface area contributed by atoms with Gasteiger partial charge in [-0.1, -0.05) is 30.3 Å². The highest BCUT2D eigenvalue weighted by Gasteiger charge is 2.22. The van der Waals surface area contributed by atoms with Crippen LogP contribution in [0.1, 0.15) is 10.4 Å². The molecule has 8 heteroatoms. The van der Waals surface area contributed by atoms with Gasteiger partial charge in [-0.25, -0.2) is 4.52 Å². The van der Waals surface area contributed by atoms with Crippen molar-refractivity contribution in [1.82, 2.24) is 14.6 Å². The molecule has 2 aromatic carbocycles. The van der Waals surface area contributed by atoms with Crippen molar-refractivity contribution in [1.29, 1.82) is 0 Å². The van der Waals surface area contributed by atoms with Gasteiger partial charge in [0.05, 0.1) is 12.8 Å². The standard InChI is InChI=1S/C21H18N4O3S/c1-28-15-10-8-14(9-11-15)22-20(27)18-19-23-17(26)12-16(13-6-4-3-5-7-13)25(19)24-21(18)29-2/h3-12H,1-2H3,(H,22,27)(H,23,26). The first-order chi connectivity index (χ1) is 14.1. The summed E-state index contributed by atoms with van der Waals surface area (Å²) in [5.74, 6) is 0.344. The molecule has 146 valence electrons. The average Bonchev–Trinajstić information content (AvgIpc) is 3.12. The summed E-state index contributed by atoms with van der Waals surface area (Å²) >= 11 is 1.34. The summed E-state index contributed by atoms with van der Waals surface area (Å²) in [6.45, 7) is 0. The Kier molecular flexibility index (Phi) is 5.09. The second-order valence-electron chi connectivity index (χ2n) is 6.21. The molecule has 4 aromatic rings. The number of nitrogens with zero attached hydrogens (tertiary/aromatic N) is 2. The van der Waals surface area contributed by atoms with Crippen LogP contribution in [0.4, 0.5) is 5.69 Å². The van der Waals surface area contributed by atoms with Gasteiger partial charge < -0.3 is 15.0 Å². The Bertz CT molecular complexity index is 1230. The van der Waals surface area contributed by atoms with Crippen LogP contribution in [0.15, 0.2) is 70.5 Å². The lowest BCUT2D eigenvalue weighted by Crippen LogP contribution is -2.15. The molecule has 0 atom stereocenters. The molecule has 1 amide bonds. The number of methoxy groups -OCH3 is 1. The molecule has 7 nitrogen and oxygen atoms in total. The number of aromatic nitrogens is 3. The van der Waals surface area contributed by atoms with Gasteiger partial charge in [0.2, 0.25) is 0 Å². The van der Waals surface area contributed by atoms with Crippen molar-refractivity contribution in [3.05, 3.63) is 76.6 Å². The van der Waals surface area contributed by atoms with E-state index in [0.29, 0.717) is 33.4 Å². The Morgan fingerprint density at radius 2 is 1.86 bits per heavy atom. The van der Waals surface area contributed by atoms with Gasteiger partial charge in [-0.05, 0) is 30.5 Å². The van der Waals surface area contributed by atoms with E-state index in [9.17, 15) is 9.59 Å². The summed E-state index contributed by atoms with van der Waals surface area (Å²) in [6.07, 6.45) is 1.84. The van der Waals surface area contributed by atoms with E-state index in [2.05, 4.69) is 15.4 Å². The fourth-order valence-electron chi connectivity index (χ4n) is 3.06. The average molecular weight is 406 g/mol. The van der Waals surface area contributed by atoms with Crippen LogP contribution < -0.4 is 15.6 Å². The topological polar surface area (TPSA) is 88.5 Å². The molecule has 0 saturated heterocycles. The van der Waals surface area contributed by atoms with Crippen LogP contribution in [-0.2, 0) is 0 Å². The summed E-state index contributed by atoms with van der Waals surface area (Å²) < 4.78 is 6.74. The molecule has 0 spiro atoms. The fraction of sp³-hybridized carbons (Fsp3) is 0.0952. The summed E-state index contributed by atoms with van der Waals surface area (Å²) in [4.78, 5) is 28.1. The third kappa shape index (κ3) is 3.62. The predicted octanol–water partition coefficient (Wildman–Crippen LogP) is 3.67. The van der Waals surface area contributed by atoms with Crippen LogP contribution in [0.25, 0.3) is 16.9 Å². The van der Waals surface area contributed by atoms with Crippen molar-refractivity contribution in [2.75, 3.05) is 18.7 Å². The van der Waals surface area contributed by atoms with Gasteiger partial charge in [-0.2, -0.15) is 5.10 Å². The number of hydrogen-bond donors (Lipinski definition) is 2. The van der Waals surface area contributed by atoms with E-state index in [0.717, 1.165) is 5.56 Å². The first-order valence-electron chi connectivity index (χ1n) is 8.81. The van der Waals surface area contributed by atoms with Crippen LogP contribution >= 0.6 is 11.8 Å². The lowest BCUT2D eigenvalue weighted by atomic mass is 10.1. The highest BCUT2D eigenvalue weighted by molar-refractivity contribution is 7.98. The van der Waals surface area contributed by atoms with E-state index in [1.165, 1.54) is 17.8 Å². The number of hydrogen-bond acceptors (Lipinski definition) is 5. The maximum atomic E-state index is 13.1. The number of nitrogens with one attached hydrogen (secondary N) is 2. The number of benzene rings is 2. The molecule has 2 N–H and O–H groups in total. The van der Waals surface area contributed by atoms with Crippen molar-refractivity contribution < 1.29 is 9.53 Å². The molecular formula is C21H18N4O3S. The lowest BCUT2D eigenvalue weighted by molar-refractivity contribution is 0.102. The Morgan fingerprint density at radius 3 is 2.52 bits per heavy atom. The third-order valence-electron chi connectivity index (χ3n) is 4.43. The molecule has 0 radical (unpaired) electrons. The van der Waals surface area contributed by atoms with E-state index in [1.54, 1.807) is 35.9 Å². The van der Waals surface area contributed by atoms with Gasteiger partial charge in [-0.15, -0.1) is 11.8 Å². The van der Waals surface area contributed by atoms with E-state index in [4.69, 9.17) is 4.74 Å². The van der Waals surface area contributed by atoms with Crippen LogP contribution in [0.2, 0.25) is 0 Å². The summed E-state index contributed by atoms with van der Waals surface area (Å²) in [7, 11) is 1.58. The van der Waals surface area contributed by atoms with Crippen molar-refractivity contribution in [2.24, 2.45) is 0 Å². The molecule has 4 rings (SSSR count). The molecular weight excluding hydrogens is 388 g/mol. The number of aromatic amines is 1. The molecule has 0 bridgehead atoms. The zero-order valence-electron chi connectivity index (χ0n) is 15.8. The van der Waals surface area contributed by atoms with E-state index in [-0.39, 0.29) is 11.5 Å².